The van der Waals surface area contributed by atoms with E-state index in [-0.39, 0.29) is 23.2 Å². The summed E-state index contributed by atoms with van der Waals surface area (Å²) in [7, 11) is 0. The van der Waals surface area contributed by atoms with Crippen molar-refractivity contribution in [3.63, 3.8) is 0 Å². The molecule has 0 saturated carbocycles. The fourth-order valence-corrected chi connectivity index (χ4v) is 5.31. The second kappa shape index (κ2) is 9.77. The molecule has 34 heavy (non-hydrogen) atoms. The van der Waals surface area contributed by atoms with Gasteiger partial charge in [0.05, 0.1) is 5.52 Å². The van der Waals surface area contributed by atoms with E-state index in [1.807, 2.05) is 23.1 Å². The minimum absolute atomic E-state index is 0.0578. The molecule has 0 aliphatic carbocycles. The lowest BCUT2D eigenvalue weighted by atomic mass is 9.96. The van der Waals surface area contributed by atoms with Crippen molar-refractivity contribution in [3.8, 4) is 11.1 Å². The summed E-state index contributed by atoms with van der Waals surface area (Å²) in [6, 6.07) is 16.6. The van der Waals surface area contributed by atoms with Crippen LogP contribution in [0.5, 0.6) is 0 Å². The van der Waals surface area contributed by atoms with Gasteiger partial charge in [0.1, 0.15) is 10.5 Å². The zero-order valence-corrected chi connectivity index (χ0v) is 19.4. The normalized spacial score (nSPS) is 14.4. The van der Waals surface area contributed by atoms with Crippen LogP contribution in [0, 0.1) is 11.7 Å². The number of nitrogens with zero attached hydrogens (tertiary/aromatic N) is 2. The van der Waals surface area contributed by atoms with Crippen molar-refractivity contribution in [3.05, 3.63) is 81.7 Å². The number of aromatic nitrogens is 2. The Balaban J connectivity index is 1.26. The number of amides is 1. The highest BCUT2D eigenvalue weighted by Crippen LogP contribution is 2.33. The molecule has 2 N–H and O–H groups in total. The number of rotatable bonds is 6. The molecule has 2 aromatic heterocycles. The monoisotopic (exact) mass is 476 g/mol. The molecule has 0 radical (unpaired) electrons. The van der Waals surface area contributed by atoms with Crippen molar-refractivity contribution in [2.24, 2.45) is 5.92 Å². The average Bonchev–Trinajstić information content (AvgIpc) is 3.29. The Hall–Kier alpha value is -3.52. The first-order chi connectivity index (χ1) is 16.6. The van der Waals surface area contributed by atoms with E-state index in [1.165, 1.54) is 23.0 Å². The lowest BCUT2D eigenvalue weighted by Gasteiger charge is -2.31. The maximum atomic E-state index is 14.4. The summed E-state index contributed by atoms with van der Waals surface area (Å²) < 4.78 is 14.9. The third-order valence-electron chi connectivity index (χ3n) is 6.30. The molecule has 0 unspecified atom stereocenters. The van der Waals surface area contributed by atoms with E-state index >= 15 is 0 Å². The molecule has 1 aliphatic rings. The van der Waals surface area contributed by atoms with Crippen molar-refractivity contribution in [1.29, 1.82) is 0 Å². The number of H-pyrrole nitrogens is 1. The molecule has 6 nitrogen and oxygen atoms in total. The smallest absolute Gasteiger partial charge is 0.270 e. The van der Waals surface area contributed by atoms with Gasteiger partial charge in [-0.3, -0.25) is 14.6 Å². The maximum absolute atomic E-state index is 14.4. The van der Waals surface area contributed by atoms with Gasteiger partial charge in [-0.05, 0) is 30.9 Å². The molecule has 0 bridgehead atoms. The van der Waals surface area contributed by atoms with Crippen molar-refractivity contribution >= 4 is 33.4 Å². The Labute approximate surface area is 200 Å². The number of piperidine rings is 1. The summed E-state index contributed by atoms with van der Waals surface area (Å²) in [5, 5.41) is 4.83. The molecule has 1 aliphatic heterocycles. The first-order valence-corrected chi connectivity index (χ1v) is 12.3. The van der Waals surface area contributed by atoms with Crippen molar-refractivity contribution in [2.45, 2.75) is 19.3 Å². The molecule has 0 atom stereocenters. The van der Waals surface area contributed by atoms with Gasteiger partial charge in [-0.1, -0.05) is 48.5 Å². The molecular weight excluding hydrogens is 451 g/mol. The van der Waals surface area contributed by atoms with E-state index in [0.29, 0.717) is 59.8 Å². The van der Waals surface area contributed by atoms with Crippen molar-refractivity contribution < 1.29 is 9.18 Å². The van der Waals surface area contributed by atoms with E-state index in [0.717, 1.165) is 6.42 Å². The molecule has 174 valence electrons. The summed E-state index contributed by atoms with van der Waals surface area (Å²) >= 11 is 1.27. The molecule has 1 saturated heterocycles. The second-order valence-corrected chi connectivity index (χ2v) is 9.36. The lowest BCUT2D eigenvalue weighted by molar-refractivity contribution is -0.125. The second-order valence-electron chi connectivity index (χ2n) is 8.48. The SMILES string of the molecule is O=C(NCCc1ccccc1)C1CCN(c2nc3c(-c4ccccc4F)csc3c(=O)[nH]2)CC1. The van der Waals surface area contributed by atoms with E-state index in [9.17, 15) is 14.0 Å². The number of nitrogens with one attached hydrogen (secondary N) is 2. The van der Waals surface area contributed by atoms with Crippen LogP contribution < -0.4 is 15.8 Å². The van der Waals surface area contributed by atoms with Gasteiger partial charge in [0.2, 0.25) is 11.9 Å². The number of thiophene rings is 1. The molecule has 1 amide bonds. The minimum atomic E-state index is -0.343. The predicted molar refractivity (Wildman–Crippen MR) is 134 cm³/mol. The highest BCUT2D eigenvalue weighted by atomic mass is 32.1. The summed E-state index contributed by atoms with van der Waals surface area (Å²) in [6.07, 6.45) is 2.17. The van der Waals surface area contributed by atoms with Gasteiger partial charge in [-0.15, -0.1) is 11.3 Å². The maximum Gasteiger partial charge on any atom is 0.270 e. The van der Waals surface area contributed by atoms with Crippen LogP contribution in [0.25, 0.3) is 21.3 Å². The van der Waals surface area contributed by atoms with E-state index in [2.05, 4.69) is 22.4 Å². The number of hydrogen-bond acceptors (Lipinski definition) is 5. The Morgan fingerprint density at radius 2 is 1.82 bits per heavy atom. The molecule has 2 aromatic carbocycles. The molecule has 1 fully saturated rings. The number of aromatic amines is 1. The van der Waals surface area contributed by atoms with Crippen LogP contribution in [0.1, 0.15) is 18.4 Å². The van der Waals surface area contributed by atoms with E-state index in [1.54, 1.807) is 23.6 Å². The minimum Gasteiger partial charge on any atom is -0.356 e. The first kappa shape index (κ1) is 22.3. The fraction of sp³-hybridized carbons (Fsp3) is 0.269. The van der Waals surface area contributed by atoms with Crippen LogP contribution in [0.4, 0.5) is 10.3 Å². The fourth-order valence-electron chi connectivity index (χ4n) is 4.41. The molecule has 3 heterocycles. The van der Waals surface area contributed by atoms with Gasteiger partial charge >= 0.3 is 0 Å². The van der Waals surface area contributed by atoms with Gasteiger partial charge in [-0.25, -0.2) is 9.37 Å². The van der Waals surface area contributed by atoms with Crippen LogP contribution in [0.3, 0.4) is 0 Å². The lowest BCUT2D eigenvalue weighted by Crippen LogP contribution is -2.42. The largest absolute Gasteiger partial charge is 0.356 e. The van der Waals surface area contributed by atoms with E-state index < -0.39 is 0 Å². The van der Waals surface area contributed by atoms with Crippen molar-refractivity contribution in [2.75, 3.05) is 24.5 Å². The summed E-state index contributed by atoms with van der Waals surface area (Å²) in [4.78, 5) is 34.9. The van der Waals surface area contributed by atoms with Gasteiger partial charge < -0.3 is 10.2 Å². The zero-order chi connectivity index (χ0) is 23.5. The number of fused-ring (bicyclic) bond motifs is 1. The number of anilines is 1. The van der Waals surface area contributed by atoms with E-state index in [4.69, 9.17) is 4.98 Å². The number of carbonyl (C=O) groups excluding carboxylic acids is 1. The molecule has 8 heteroatoms. The summed E-state index contributed by atoms with van der Waals surface area (Å²) in [5.41, 5.74) is 2.54. The predicted octanol–water partition coefficient (Wildman–Crippen LogP) is 4.37. The molecule has 4 aromatic rings. The first-order valence-electron chi connectivity index (χ1n) is 11.4. The Morgan fingerprint density at radius 3 is 2.59 bits per heavy atom. The van der Waals surface area contributed by atoms with Crippen molar-refractivity contribution in [1.82, 2.24) is 15.3 Å². The third kappa shape index (κ3) is 4.59. The topological polar surface area (TPSA) is 78.1 Å². The van der Waals surface area contributed by atoms with Gasteiger partial charge in [-0.2, -0.15) is 0 Å². The van der Waals surface area contributed by atoms with Gasteiger partial charge in [0.25, 0.3) is 5.56 Å². The van der Waals surface area contributed by atoms with Crippen LogP contribution in [0.2, 0.25) is 0 Å². The van der Waals surface area contributed by atoms with Crippen LogP contribution in [-0.4, -0.2) is 35.5 Å². The highest BCUT2D eigenvalue weighted by molar-refractivity contribution is 7.17. The number of hydrogen-bond donors (Lipinski definition) is 2. The zero-order valence-electron chi connectivity index (χ0n) is 18.6. The van der Waals surface area contributed by atoms with Crippen LogP contribution in [-0.2, 0) is 11.2 Å². The van der Waals surface area contributed by atoms with Crippen LogP contribution >= 0.6 is 11.3 Å². The van der Waals surface area contributed by atoms with Gasteiger partial charge in [0.15, 0.2) is 0 Å². The van der Waals surface area contributed by atoms with Gasteiger partial charge in [0, 0.05) is 42.1 Å². The number of benzene rings is 2. The summed E-state index contributed by atoms with van der Waals surface area (Å²) in [5.74, 6) is 0.145. The van der Waals surface area contributed by atoms with Crippen LogP contribution in [0.15, 0.2) is 64.8 Å². The highest BCUT2D eigenvalue weighted by Gasteiger charge is 2.26. The quantitative estimate of drug-likeness (QED) is 0.433. The third-order valence-corrected chi connectivity index (χ3v) is 7.27. The molecular formula is C26H25FN4O2S. The molecule has 0 spiro atoms. The standard InChI is InChI=1S/C26H25FN4O2S/c27-21-9-5-4-8-19(21)20-16-34-23-22(20)29-26(30-25(23)33)31-14-11-18(12-15-31)24(32)28-13-10-17-6-2-1-3-7-17/h1-9,16,18H,10-15H2,(H,28,32)(H,29,30,33). The average molecular weight is 477 g/mol. The Kier molecular flexibility index (Phi) is 6.40. The number of halogens is 1. The molecule has 5 rings (SSSR count). The number of carbonyl (C=O) groups is 1. The Bertz CT molecular complexity index is 1360. The Morgan fingerprint density at radius 1 is 1.09 bits per heavy atom. The summed E-state index contributed by atoms with van der Waals surface area (Å²) in [6.45, 7) is 1.85.